The molecule has 0 aromatic heterocycles. The van der Waals surface area contributed by atoms with E-state index < -0.39 is 0 Å². The van der Waals surface area contributed by atoms with Gasteiger partial charge in [-0.1, -0.05) is 52.0 Å². The summed E-state index contributed by atoms with van der Waals surface area (Å²) in [7, 11) is 0. The smallest absolute Gasteiger partial charge is 0.0897 e. The molecule has 0 radical (unpaired) electrons. The monoisotopic (exact) mass is 298 g/mol. The van der Waals surface area contributed by atoms with Gasteiger partial charge in [-0.25, -0.2) is 0 Å². The van der Waals surface area contributed by atoms with Crippen molar-refractivity contribution in [2.75, 3.05) is 6.26 Å². The van der Waals surface area contributed by atoms with Gasteiger partial charge in [-0.15, -0.1) is 11.8 Å². The highest BCUT2D eigenvalue weighted by Gasteiger charge is 2.47. The van der Waals surface area contributed by atoms with Crippen LogP contribution in [0.25, 0.3) is 0 Å². The molecule has 0 aliphatic rings. The number of allylic oxidation sites excluding steroid dienone is 2. The molecule has 0 aliphatic carbocycles. The fourth-order valence-electron chi connectivity index (χ4n) is 3.01. The summed E-state index contributed by atoms with van der Waals surface area (Å²) < 4.78 is 6.59. The highest BCUT2D eigenvalue weighted by atomic mass is 32.2. The molecule has 0 bridgehead atoms. The van der Waals surface area contributed by atoms with Gasteiger partial charge in [0.2, 0.25) is 0 Å². The van der Waals surface area contributed by atoms with E-state index in [1.807, 2.05) is 11.8 Å². The summed E-state index contributed by atoms with van der Waals surface area (Å²) in [6.45, 7) is 13.1. The Hall–Kier alpha value is -0.210. The third-order valence-electron chi connectivity index (χ3n) is 4.32. The van der Waals surface area contributed by atoms with Crippen LogP contribution in [0, 0.1) is 0 Å². The Morgan fingerprint density at radius 3 is 1.65 bits per heavy atom. The molecular weight excluding hydrogens is 264 g/mol. The van der Waals surface area contributed by atoms with Crippen LogP contribution >= 0.6 is 11.8 Å². The van der Waals surface area contributed by atoms with Gasteiger partial charge in [-0.05, 0) is 45.8 Å². The van der Waals surface area contributed by atoms with E-state index in [9.17, 15) is 0 Å². The first-order chi connectivity index (χ1) is 9.55. The first-order valence-electron chi connectivity index (χ1n) is 8.05. The zero-order valence-corrected chi connectivity index (χ0v) is 15.3. The van der Waals surface area contributed by atoms with Crippen molar-refractivity contribution in [1.29, 1.82) is 0 Å². The quantitative estimate of drug-likeness (QED) is 0.457. The maximum absolute atomic E-state index is 6.67. The summed E-state index contributed by atoms with van der Waals surface area (Å²) >= 11 is 1.89. The van der Waals surface area contributed by atoms with Crippen LogP contribution in [0.2, 0.25) is 0 Å². The Bertz CT molecular complexity index is 287. The minimum Gasteiger partial charge on any atom is -0.370 e. The van der Waals surface area contributed by atoms with Gasteiger partial charge in [0.25, 0.3) is 0 Å². The third-order valence-corrected chi connectivity index (χ3v) is 5.64. The molecule has 0 amide bonds. The summed E-state index contributed by atoms with van der Waals surface area (Å²) in [5.41, 5.74) is -0.137. The minimum absolute atomic E-state index is 0.0808. The van der Waals surface area contributed by atoms with Crippen LogP contribution in [0.4, 0.5) is 0 Å². The molecule has 118 valence electrons. The van der Waals surface area contributed by atoms with Gasteiger partial charge in [0, 0.05) is 0 Å². The van der Waals surface area contributed by atoms with Crippen molar-refractivity contribution in [3.63, 3.8) is 0 Å². The lowest BCUT2D eigenvalue weighted by atomic mass is 9.80. The zero-order chi connectivity index (χ0) is 15.6. The Kier molecular flexibility index (Phi) is 9.58. The molecule has 0 unspecified atom stereocenters. The predicted molar refractivity (Wildman–Crippen MR) is 94.6 cm³/mol. The van der Waals surface area contributed by atoms with Gasteiger partial charge in [0.05, 0.1) is 16.5 Å². The van der Waals surface area contributed by atoms with Crippen molar-refractivity contribution < 1.29 is 4.74 Å². The summed E-state index contributed by atoms with van der Waals surface area (Å²) in [5.74, 6) is 0. The van der Waals surface area contributed by atoms with Gasteiger partial charge in [-0.3, -0.25) is 0 Å². The second-order valence-electron chi connectivity index (χ2n) is 5.25. The highest BCUT2D eigenvalue weighted by Crippen LogP contribution is 2.45. The van der Waals surface area contributed by atoms with Crippen molar-refractivity contribution >= 4 is 11.8 Å². The standard InChI is InChI=1S/C18H34OS/c1-8-14-18(20-7,15-9-2)17(12-5,13-6)19-16(10-3)11-4/h8-9,14-16H,10-13H2,1-7H3. The van der Waals surface area contributed by atoms with Crippen molar-refractivity contribution in [3.05, 3.63) is 24.3 Å². The largest absolute Gasteiger partial charge is 0.370 e. The van der Waals surface area contributed by atoms with E-state index in [-0.39, 0.29) is 10.3 Å². The molecule has 0 saturated heterocycles. The van der Waals surface area contributed by atoms with E-state index in [0.717, 1.165) is 25.7 Å². The average Bonchev–Trinajstić information content (AvgIpc) is 2.49. The van der Waals surface area contributed by atoms with Crippen LogP contribution in [-0.4, -0.2) is 22.7 Å². The molecule has 0 atom stereocenters. The number of rotatable bonds is 10. The molecule has 0 aromatic carbocycles. The van der Waals surface area contributed by atoms with Gasteiger partial charge in [0.15, 0.2) is 0 Å². The van der Waals surface area contributed by atoms with E-state index in [4.69, 9.17) is 4.74 Å². The lowest BCUT2D eigenvalue weighted by molar-refractivity contribution is -0.108. The Morgan fingerprint density at radius 1 is 0.950 bits per heavy atom. The predicted octanol–water partition coefficient (Wildman–Crippen LogP) is 6.00. The van der Waals surface area contributed by atoms with Crippen LogP contribution in [0.5, 0.6) is 0 Å². The topological polar surface area (TPSA) is 9.23 Å². The fourth-order valence-corrected chi connectivity index (χ4v) is 4.27. The van der Waals surface area contributed by atoms with Gasteiger partial charge >= 0.3 is 0 Å². The Morgan fingerprint density at radius 2 is 1.40 bits per heavy atom. The van der Waals surface area contributed by atoms with E-state index in [2.05, 4.69) is 72.1 Å². The Balaban J connectivity index is 5.78. The molecule has 0 aromatic rings. The van der Waals surface area contributed by atoms with Gasteiger partial charge < -0.3 is 4.74 Å². The lowest BCUT2D eigenvalue weighted by Gasteiger charge is -2.48. The molecule has 0 saturated carbocycles. The molecule has 0 N–H and O–H groups in total. The molecule has 2 heteroatoms. The van der Waals surface area contributed by atoms with Crippen molar-refractivity contribution in [1.82, 2.24) is 0 Å². The molecule has 20 heavy (non-hydrogen) atoms. The minimum atomic E-state index is -0.137. The molecule has 0 fully saturated rings. The average molecular weight is 299 g/mol. The maximum atomic E-state index is 6.67. The molecule has 0 rings (SSSR count). The number of hydrogen-bond acceptors (Lipinski definition) is 2. The van der Waals surface area contributed by atoms with E-state index in [1.165, 1.54) is 0 Å². The van der Waals surface area contributed by atoms with E-state index in [0.29, 0.717) is 6.10 Å². The molecule has 0 aliphatic heterocycles. The number of hydrogen-bond donors (Lipinski definition) is 0. The van der Waals surface area contributed by atoms with Gasteiger partial charge in [0.1, 0.15) is 0 Å². The van der Waals surface area contributed by atoms with Crippen LogP contribution in [0.1, 0.15) is 67.2 Å². The summed E-state index contributed by atoms with van der Waals surface area (Å²) in [6.07, 6.45) is 15.7. The first kappa shape index (κ1) is 19.8. The van der Waals surface area contributed by atoms with Gasteiger partial charge in [-0.2, -0.15) is 0 Å². The van der Waals surface area contributed by atoms with Crippen LogP contribution in [0.3, 0.4) is 0 Å². The van der Waals surface area contributed by atoms with Crippen LogP contribution < -0.4 is 0 Å². The van der Waals surface area contributed by atoms with E-state index in [1.54, 1.807) is 0 Å². The third kappa shape index (κ3) is 4.14. The fraction of sp³-hybridized carbons (Fsp3) is 0.778. The van der Waals surface area contributed by atoms with Crippen molar-refractivity contribution in [2.45, 2.75) is 83.7 Å². The SMILES string of the molecule is CC=CC(C=CC)(SC)C(CC)(CC)OC(CC)CC. The first-order valence-corrected chi connectivity index (χ1v) is 9.28. The van der Waals surface area contributed by atoms with Crippen LogP contribution in [-0.2, 0) is 4.74 Å². The molecular formula is C18H34OS. The number of ether oxygens (including phenoxy) is 1. The normalized spacial score (nSPS) is 16.4. The summed E-state index contributed by atoms with van der Waals surface area (Å²) in [4.78, 5) is 0. The second kappa shape index (κ2) is 9.68. The Labute approximate surface area is 131 Å². The second-order valence-corrected chi connectivity index (χ2v) is 6.34. The summed E-state index contributed by atoms with van der Waals surface area (Å²) in [5, 5.41) is 0. The molecule has 0 heterocycles. The highest BCUT2D eigenvalue weighted by molar-refractivity contribution is 8.00. The van der Waals surface area contributed by atoms with Crippen molar-refractivity contribution in [2.24, 2.45) is 0 Å². The molecule has 0 spiro atoms. The van der Waals surface area contributed by atoms with Crippen molar-refractivity contribution in [3.8, 4) is 0 Å². The van der Waals surface area contributed by atoms with E-state index >= 15 is 0 Å². The summed E-state index contributed by atoms with van der Waals surface area (Å²) in [6, 6.07) is 0. The zero-order valence-electron chi connectivity index (χ0n) is 14.5. The molecule has 1 nitrogen and oxygen atoms in total. The lowest BCUT2D eigenvalue weighted by Crippen LogP contribution is -2.52. The maximum Gasteiger partial charge on any atom is 0.0897 e. The van der Waals surface area contributed by atoms with Crippen LogP contribution in [0.15, 0.2) is 24.3 Å². The number of thioether (sulfide) groups is 1.